The first-order valence-electron chi connectivity index (χ1n) is 6.96. The van der Waals surface area contributed by atoms with Gasteiger partial charge in [0.05, 0.1) is 5.69 Å². The molecule has 0 aliphatic carbocycles. The van der Waals surface area contributed by atoms with E-state index < -0.39 is 5.97 Å². The number of carbonyl (C=O) groups excluding carboxylic acids is 1. The predicted octanol–water partition coefficient (Wildman–Crippen LogP) is 2.79. The Labute approximate surface area is 137 Å². The summed E-state index contributed by atoms with van der Waals surface area (Å²) in [5.74, 6) is 0.0311. The molecule has 3 rings (SSSR count). The molecule has 0 spiro atoms. The Morgan fingerprint density at radius 2 is 2.09 bits per heavy atom. The molecule has 2 aromatic heterocycles. The van der Waals surface area contributed by atoms with Crippen molar-refractivity contribution in [2.45, 2.75) is 13.5 Å². The molecule has 2 heterocycles. The lowest BCUT2D eigenvalue weighted by Gasteiger charge is -2.04. The number of hydrogen-bond acceptors (Lipinski definition) is 6. The highest BCUT2D eigenvalue weighted by Gasteiger charge is 2.09. The van der Waals surface area contributed by atoms with Crippen molar-refractivity contribution in [1.82, 2.24) is 20.2 Å². The maximum absolute atomic E-state index is 11.8. The molecule has 0 N–H and O–H groups in total. The van der Waals surface area contributed by atoms with E-state index >= 15 is 0 Å². The number of esters is 1. The maximum Gasteiger partial charge on any atom is 0.331 e. The van der Waals surface area contributed by atoms with Crippen LogP contribution in [0.25, 0.3) is 11.8 Å². The molecule has 0 unspecified atom stereocenters. The smallest absolute Gasteiger partial charge is 0.331 e. The predicted molar refractivity (Wildman–Crippen MR) is 87.0 cm³/mol. The number of aryl methyl sites for hydroxylation is 1. The highest BCUT2D eigenvalue weighted by molar-refractivity contribution is 7.12. The summed E-state index contributed by atoms with van der Waals surface area (Å²) in [5.41, 5.74) is 0.813. The fourth-order valence-electron chi connectivity index (χ4n) is 1.94. The van der Waals surface area contributed by atoms with E-state index in [1.54, 1.807) is 22.1 Å². The molecule has 1 aromatic carbocycles. The van der Waals surface area contributed by atoms with Crippen molar-refractivity contribution in [3.05, 3.63) is 64.1 Å². The van der Waals surface area contributed by atoms with E-state index in [0.717, 1.165) is 10.6 Å². The van der Waals surface area contributed by atoms with Crippen molar-refractivity contribution in [3.63, 3.8) is 0 Å². The van der Waals surface area contributed by atoms with Crippen molar-refractivity contribution in [2.75, 3.05) is 0 Å². The van der Waals surface area contributed by atoms with E-state index in [0.29, 0.717) is 5.82 Å². The number of para-hydroxylation sites is 1. The van der Waals surface area contributed by atoms with Crippen molar-refractivity contribution in [3.8, 4) is 5.69 Å². The van der Waals surface area contributed by atoms with Gasteiger partial charge >= 0.3 is 5.97 Å². The van der Waals surface area contributed by atoms with Gasteiger partial charge < -0.3 is 4.74 Å². The van der Waals surface area contributed by atoms with Gasteiger partial charge in [-0.3, -0.25) is 0 Å². The highest BCUT2D eigenvalue weighted by Crippen LogP contribution is 2.16. The molecule has 0 atom stereocenters. The number of aromatic nitrogens is 4. The van der Waals surface area contributed by atoms with E-state index in [1.165, 1.54) is 11.0 Å². The fraction of sp³-hybridized carbons (Fsp3) is 0.125. The topological polar surface area (TPSA) is 69.9 Å². The summed E-state index contributed by atoms with van der Waals surface area (Å²) in [6.45, 7) is 2.03. The van der Waals surface area contributed by atoms with Crippen LogP contribution >= 0.6 is 11.3 Å². The minimum Gasteiger partial charge on any atom is -0.454 e. The van der Waals surface area contributed by atoms with Crippen molar-refractivity contribution < 1.29 is 9.53 Å². The zero-order chi connectivity index (χ0) is 16.1. The van der Waals surface area contributed by atoms with E-state index in [1.807, 2.05) is 49.4 Å². The zero-order valence-corrected chi connectivity index (χ0v) is 13.2. The summed E-state index contributed by atoms with van der Waals surface area (Å²) in [5, 5.41) is 11.4. The summed E-state index contributed by atoms with van der Waals surface area (Å²) >= 11 is 1.61. The third kappa shape index (κ3) is 3.89. The van der Waals surface area contributed by atoms with Gasteiger partial charge in [-0.1, -0.05) is 18.2 Å². The molecule has 3 aromatic rings. The van der Waals surface area contributed by atoms with Crippen LogP contribution in [0.3, 0.4) is 0 Å². The van der Waals surface area contributed by atoms with Crippen LogP contribution in [0.1, 0.15) is 15.6 Å². The Morgan fingerprint density at radius 3 is 2.83 bits per heavy atom. The summed E-state index contributed by atoms with van der Waals surface area (Å²) in [6.07, 6.45) is 3.14. The molecule has 23 heavy (non-hydrogen) atoms. The van der Waals surface area contributed by atoms with Gasteiger partial charge in [0, 0.05) is 15.8 Å². The van der Waals surface area contributed by atoms with E-state index in [4.69, 9.17) is 4.74 Å². The van der Waals surface area contributed by atoms with Crippen LogP contribution in [0, 0.1) is 6.92 Å². The second-order valence-corrected chi connectivity index (χ2v) is 6.05. The van der Waals surface area contributed by atoms with Gasteiger partial charge in [0.15, 0.2) is 12.4 Å². The summed E-state index contributed by atoms with van der Waals surface area (Å²) in [7, 11) is 0. The molecule has 0 bridgehead atoms. The van der Waals surface area contributed by atoms with Gasteiger partial charge in [0.25, 0.3) is 0 Å². The lowest BCUT2D eigenvalue weighted by atomic mass is 10.3. The Morgan fingerprint density at radius 1 is 1.26 bits per heavy atom. The molecule has 0 saturated carbocycles. The summed E-state index contributed by atoms with van der Waals surface area (Å²) in [4.78, 5) is 14.0. The number of thiophene rings is 1. The molecule has 0 saturated heterocycles. The molecular formula is C16H14N4O2S. The molecular weight excluding hydrogens is 312 g/mol. The van der Waals surface area contributed by atoms with Crippen LogP contribution in [0.15, 0.2) is 48.5 Å². The first-order chi connectivity index (χ1) is 11.2. The van der Waals surface area contributed by atoms with Crippen LogP contribution in [0.2, 0.25) is 0 Å². The second kappa shape index (κ2) is 6.97. The number of tetrazole rings is 1. The minimum absolute atomic E-state index is 0.00847. The largest absolute Gasteiger partial charge is 0.454 e. The Hall–Kier alpha value is -2.80. The molecule has 0 radical (unpaired) electrons. The Balaban J connectivity index is 1.62. The Kier molecular flexibility index (Phi) is 4.58. The zero-order valence-electron chi connectivity index (χ0n) is 12.4. The van der Waals surface area contributed by atoms with Gasteiger partial charge in [-0.2, -0.15) is 4.68 Å². The average Bonchev–Trinajstić information content (AvgIpc) is 3.20. The quantitative estimate of drug-likeness (QED) is 0.532. The number of ether oxygens (including phenoxy) is 1. The van der Waals surface area contributed by atoms with E-state index in [2.05, 4.69) is 15.5 Å². The second-order valence-electron chi connectivity index (χ2n) is 4.73. The molecule has 0 aliphatic rings. The van der Waals surface area contributed by atoms with Crippen LogP contribution in [0.4, 0.5) is 0 Å². The molecule has 0 amide bonds. The molecule has 0 aliphatic heterocycles. The van der Waals surface area contributed by atoms with Gasteiger partial charge in [-0.05, 0) is 47.7 Å². The van der Waals surface area contributed by atoms with E-state index in [-0.39, 0.29) is 6.61 Å². The third-order valence-electron chi connectivity index (χ3n) is 3.02. The monoisotopic (exact) mass is 326 g/mol. The lowest BCUT2D eigenvalue weighted by molar-refractivity contribution is -0.139. The molecule has 116 valence electrons. The first-order valence-corrected chi connectivity index (χ1v) is 7.78. The lowest BCUT2D eigenvalue weighted by Crippen LogP contribution is -2.08. The number of nitrogens with zero attached hydrogens (tertiary/aromatic N) is 4. The molecule has 0 fully saturated rings. The van der Waals surface area contributed by atoms with Gasteiger partial charge in [-0.15, -0.1) is 16.4 Å². The van der Waals surface area contributed by atoms with Gasteiger partial charge in [0.1, 0.15) is 0 Å². The third-order valence-corrected chi connectivity index (χ3v) is 3.99. The highest BCUT2D eigenvalue weighted by atomic mass is 32.1. The van der Waals surface area contributed by atoms with Gasteiger partial charge in [-0.25, -0.2) is 4.79 Å². The number of carbonyl (C=O) groups is 1. The standard InChI is InChI=1S/C16H14N4O2S/c1-12-7-8-14(23-12)9-10-16(21)22-11-15-17-18-19-20(15)13-5-3-2-4-6-13/h2-10H,11H2,1H3/b10-9+. The molecule has 7 heteroatoms. The van der Waals surface area contributed by atoms with Crippen molar-refractivity contribution in [1.29, 1.82) is 0 Å². The summed E-state index contributed by atoms with van der Waals surface area (Å²) < 4.78 is 6.73. The van der Waals surface area contributed by atoms with Crippen LogP contribution in [0.5, 0.6) is 0 Å². The molecule has 6 nitrogen and oxygen atoms in total. The van der Waals surface area contributed by atoms with Crippen LogP contribution < -0.4 is 0 Å². The number of benzene rings is 1. The SMILES string of the molecule is Cc1ccc(/C=C/C(=O)OCc2nnnn2-c2ccccc2)s1. The summed E-state index contributed by atoms with van der Waals surface area (Å²) in [6, 6.07) is 13.4. The van der Waals surface area contributed by atoms with Crippen molar-refractivity contribution in [2.24, 2.45) is 0 Å². The van der Waals surface area contributed by atoms with Crippen LogP contribution in [-0.4, -0.2) is 26.2 Å². The fourth-order valence-corrected chi connectivity index (χ4v) is 2.72. The van der Waals surface area contributed by atoms with Crippen LogP contribution in [-0.2, 0) is 16.1 Å². The first kappa shape index (κ1) is 15.1. The van der Waals surface area contributed by atoms with Crippen molar-refractivity contribution >= 4 is 23.4 Å². The number of hydrogen-bond donors (Lipinski definition) is 0. The normalized spacial score (nSPS) is 11.0. The van der Waals surface area contributed by atoms with E-state index in [9.17, 15) is 4.79 Å². The average molecular weight is 326 g/mol. The maximum atomic E-state index is 11.8. The van der Waals surface area contributed by atoms with Gasteiger partial charge in [0.2, 0.25) is 0 Å². The number of rotatable bonds is 5. The minimum atomic E-state index is -0.432. The Bertz CT molecular complexity index is 823.